The highest BCUT2D eigenvalue weighted by Gasteiger charge is 1.91. The Kier molecular flexibility index (Phi) is 7.13. The Labute approximate surface area is 76.0 Å². The molecule has 0 heterocycles. The topological polar surface area (TPSA) is 101 Å². The van der Waals surface area contributed by atoms with Gasteiger partial charge < -0.3 is 25.4 Å². The fraction of sp³-hybridized carbons (Fsp3) is 1.00. The summed E-state index contributed by atoms with van der Waals surface area (Å²) in [6, 6.07) is 0. The molecular weight excluding hydrogens is 199 g/mol. The Morgan fingerprint density at radius 2 is 2.08 bits per heavy atom. The average molecular weight is 212 g/mol. The van der Waals surface area contributed by atoms with Crippen LogP contribution in [0.3, 0.4) is 0 Å². The number of nitrogens with one attached hydrogen (secondary N) is 1. The number of rotatable bonds is 7. The van der Waals surface area contributed by atoms with Gasteiger partial charge in [0.1, 0.15) is 0 Å². The molecule has 0 saturated heterocycles. The summed E-state index contributed by atoms with van der Waals surface area (Å²) in [5.74, 6) is 0.300. The van der Waals surface area contributed by atoms with E-state index >= 15 is 0 Å². The van der Waals surface area contributed by atoms with Gasteiger partial charge in [-0.15, -0.1) is 11.4 Å². The van der Waals surface area contributed by atoms with E-state index < -0.39 is 6.80 Å². The molecule has 0 rings (SSSR count). The fourth-order valence-corrected chi connectivity index (χ4v) is 1.99. The Bertz CT molecular complexity index is 152. The van der Waals surface area contributed by atoms with E-state index in [4.69, 9.17) is 5.73 Å². The Morgan fingerprint density at radius 3 is 2.58 bits per heavy atom. The molecule has 7 heteroatoms. The van der Waals surface area contributed by atoms with Gasteiger partial charge in [-0.3, -0.25) is 0 Å². The smallest absolute Gasteiger partial charge is 0.0107 e. The molecule has 0 fully saturated rings. The Morgan fingerprint density at radius 1 is 1.42 bits per heavy atom. The molecule has 74 valence electrons. The summed E-state index contributed by atoms with van der Waals surface area (Å²) in [6.07, 6.45) is 0.858. The van der Waals surface area contributed by atoms with Crippen LogP contribution < -0.4 is 20.8 Å². The van der Waals surface area contributed by atoms with E-state index in [2.05, 4.69) is 5.32 Å². The van der Waals surface area contributed by atoms with Gasteiger partial charge in [-0.2, -0.15) is 0 Å². The molecule has 0 unspecified atom stereocenters. The lowest BCUT2D eigenvalue weighted by Crippen LogP contribution is -2.21. The molecule has 5 nitrogen and oxygen atoms in total. The summed E-state index contributed by atoms with van der Waals surface area (Å²) in [6.45, 7) is -2.47. The fourth-order valence-electron chi connectivity index (χ4n) is 0.582. The van der Waals surface area contributed by atoms with Crippen molar-refractivity contribution in [1.29, 1.82) is 0 Å². The zero-order valence-corrected chi connectivity index (χ0v) is 8.40. The van der Waals surface area contributed by atoms with Crippen molar-refractivity contribution in [2.45, 2.75) is 6.42 Å². The predicted octanol–water partition coefficient (Wildman–Crippen LogP) is -1.51. The highest BCUT2D eigenvalue weighted by molar-refractivity contribution is 8.53. The maximum Gasteiger partial charge on any atom is 0.0107 e. The van der Waals surface area contributed by atoms with Crippen molar-refractivity contribution in [2.75, 3.05) is 25.4 Å². The monoisotopic (exact) mass is 212 g/mol. The van der Waals surface area contributed by atoms with Crippen LogP contribution in [0.2, 0.25) is 0 Å². The second-order valence-corrected chi connectivity index (χ2v) is 5.85. The van der Waals surface area contributed by atoms with Gasteiger partial charge in [0.25, 0.3) is 0 Å². The molecule has 12 heavy (non-hydrogen) atoms. The number of hydrogen-bond acceptors (Lipinski definition) is 6. The molecule has 0 radical (unpaired) electrons. The normalized spacial score (nSPS) is 11.9. The predicted molar refractivity (Wildman–Crippen MR) is 46.6 cm³/mol. The van der Waals surface area contributed by atoms with E-state index in [0.29, 0.717) is 30.2 Å². The van der Waals surface area contributed by atoms with Gasteiger partial charge in [0.2, 0.25) is 0 Å². The zero-order valence-electron chi connectivity index (χ0n) is 6.69. The van der Waals surface area contributed by atoms with Gasteiger partial charge in [-0.1, -0.05) is 0 Å². The SMILES string of the molecule is NCCCNCCSP(=O)([O-])[O-]. The van der Waals surface area contributed by atoms with E-state index in [1.165, 1.54) is 0 Å². The second kappa shape index (κ2) is 6.88. The van der Waals surface area contributed by atoms with E-state index in [-0.39, 0.29) is 0 Å². The molecule has 0 aliphatic heterocycles. The molecule has 0 bridgehead atoms. The van der Waals surface area contributed by atoms with Crippen molar-refractivity contribution >= 4 is 18.2 Å². The molecule has 0 aromatic carbocycles. The largest absolute Gasteiger partial charge is 0.803 e. The van der Waals surface area contributed by atoms with Gasteiger partial charge >= 0.3 is 0 Å². The van der Waals surface area contributed by atoms with E-state index in [1.807, 2.05) is 0 Å². The van der Waals surface area contributed by atoms with Crippen molar-refractivity contribution in [3.8, 4) is 0 Å². The molecule has 3 N–H and O–H groups in total. The molecule has 0 atom stereocenters. The van der Waals surface area contributed by atoms with Gasteiger partial charge in [0, 0.05) is 12.3 Å². The summed E-state index contributed by atoms with van der Waals surface area (Å²) >= 11 is 0.442. The maximum atomic E-state index is 10.1. The molecule has 0 saturated carbocycles. The summed E-state index contributed by atoms with van der Waals surface area (Å²) in [7, 11) is 0. The van der Waals surface area contributed by atoms with Crippen LogP contribution in [0.15, 0.2) is 0 Å². The first-order valence-electron chi connectivity index (χ1n) is 3.63. The van der Waals surface area contributed by atoms with Crippen LogP contribution >= 0.6 is 18.2 Å². The minimum absolute atomic E-state index is 0.300. The quantitative estimate of drug-likeness (QED) is 0.393. The van der Waals surface area contributed by atoms with Crippen LogP contribution in [-0.2, 0) is 4.57 Å². The lowest BCUT2D eigenvalue weighted by molar-refractivity contribution is -0.302. The van der Waals surface area contributed by atoms with Crippen LogP contribution in [0.25, 0.3) is 0 Å². The molecule has 0 aliphatic carbocycles. The number of nitrogens with two attached hydrogens (primary N) is 1. The van der Waals surface area contributed by atoms with Gasteiger partial charge in [0.15, 0.2) is 0 Å². The molecule has 0 amide bonds. The molecule has 0 aromatic rings. The van der Waals surface area contributed by atoms with Crippen LogP contribution in [0, 0.1) is 0 Å². The first-order valence-corrected chi connectivity index (χ1v) is 6.77. The van der Waals surface area contributed by atoms with E-state index in [1.54, 1.807) is 0 Å². The third kappa shape index (κ3) is 10.4. The van der Waals surface area contributed by atoms with Crippen molar-refractivity contribution in [2.24, 2.45) is 5.73 Å². The Balaban J connectivity index is 3.06. The van der Waals surface area contributed by atoms with Gasteiger partial charge in [-0.05, 0) is 26.3 Å². The van der Waals surface area contributed by atoms with Crippen LogP contribution in [0.1, 0.15) is 6.42 Å². The number of hydrogen-bond donors (Lipinski definition) is 2. The lowest BCUT2D eigenvalue weighted by atomic mass is 10.4. The minimum Gasteiger partial charge on any atom is -0.803 e. The standard InChI is InChI=1S/C5H15N2O3PS/c6-2-1-3-7-4-5-12-11(8,9)10/h7H,1-6H2,(H2,8,9,10)/p-2. The molecule has 0 aromatic heterocycles. The summed E-state index contributed by atoms with van der Waals surface area (Å²) < 4.78 is 10.1. The molecule has 0 aliphatic rings. The third-order valence-corrected chi connectivity index (χ3v) is 3.29. The van der Waals surface area contributed by atoms with Crippen molar-refractivity contribution in [1.82, 2.24) is 5.32 Å². The van der Waals surface area contributed by atoms with Gasteiger partial charge in [0.05, 0.1) is 0 Å². The van der Waals surface area contributed by atoms with E-state index in [0.717, 1.165) is 13.0 Å². The summed E-state index contributed by atoms with van der Waals surface area (Å²) in [5.41, 5.74) is 5.22. The van der Waals surface area contributed by atoms with Gasteiger partial charge in [-0.25, -0.2) is 0 Å². The van der Waals surface area contributed by atoms with Crippen LogP contribution in [0.5, 0.6) is 0 Å². The van der Waals surface area contributed by atoms with E-state index in [9.17, 15) is 14.4 Å². The third-order valence-electron chi connectivity index (χ3n) is 1.09. The molecule has 0 spiro atoms. The highest BCUT2D eigenvalue weighted by atomic mass is 32.7. The zero-order chi connectivity index (χ0) is 9.45. The van der Waals surface area contributed by atoms with Crippen molar-refractivity contribution in [3.63, 3.8) is 0 Å². The second-order valence-electron chi connectivity index (χ2n) is 2.17. The first kappa shape index (κ1) is 12.4. The molecular formula is C5H13N2O3PS-2. The summed E-state index contributed by atoms with van der Waals surface area (Å²) in [5, 5.41) is 2.96. The first-order chi connectivity index (χ1) is 5.56. The van der Waals surface area contributed by atoms with Crippen LogP contribution in [0.4, 0.5) is 0 Å². The minimum atomic E-state index is -4.37. The highest BCUT2D eigenvalue weighted by Crippen LogP contribution is 2.40. The lowest BCUT2D eigenvalue weighted by Gasteiger charge is -2.27. The average Bonchev–Trinajstić information content (AvgIpc) is 1.94. The van der Waals surface area contributed by atoms with Crippen molar-refractivity contribution in [3.05, 3.63) is 0 Å². The van der Waals surface area contributed by atoms with Crippen molar-refractivity contribution < 1.29 is 14.4 Å². The summed E-state index contributed by atoms with van der Waals surface area (Å²) in [4.78, 5) is 20.2. The van der Waals surface area contributed by atoms with Crippen LogP contribution in [-0.4, -0.2) is 25.4 Å². The Hall–Kier alpha value is 0.420. The maximum absolute atomic E-state index is 10.1.